The van der Waals surface area contributed by atoms with Crippen LogP contribution in [-0.2, 0) is 20.9 Å². The van der Waals surface area contributed by atoms with E-state index in [1.807, 2.05) is 49.1 Å². The highest BCUT2D eigenvalue weighted by atomic mass is 35.5. The molecule has 1 N–H and O–H groups in total. The molecule has 0 radical (unpaired) electrons. The fraction of sp³-hybridized carbons (Fsp3) is 0.517. The van der Waals surface area contributed by atoms with E-state index in [0.717, 1.165) is 47.8 Å². The van der Waals surface area contributed by atoms with Crippen LogP contribution < -0.4 is 10.1 Å². The van der Waals surface area contributed by atoms with E-state index in [2.05, 4.69) is 22.3 Å². The van der Waals surface area contributed by atoms with Crippen molar-refractivity contribution in [2.45, 2.75) is 58.2 Å². The summed E-state index contributed by atoms with van der Waals surface area (Å²) in [5.74, 6) is 0.767. The minimum Gasteiger partial charge on any atom is -0.490 e. The van der Waals surface area contributed by atoms with Gasteiger partial charge in [0, 0.05) is 50.7 Å². The van der Waals surface area contributed by atoms with Gasteiger partial charge in [0.05, 0.1) is 13.0 Å². The lowest BCUT2D eigenvalue weighted by Crippen LogP contribution is -2.57. The molecule has 2 saturated heterocycles. The maximum atomic E-state index is 13.5. The lowest BCUT2D eigenvalue weighted by molar-refractivity contribution is -0.157. The number of amides is 2. The highest BCUT2D eigenvalue weighted by Crippen LogP contribution is 2.30. The highest BCUT2D eigenvalue weighted by Gasteiger charge is 2.41. The topological polar surface area (TPSA) is 71.1 Å². The Balaban J connectivity index is 1.47. The molecule has 2 aromatic carbocycles. The van der Waals surface area contributed by atoms with Crippen molar-refractivity contribution in [3.05, 3.63) is 64.2 Å². The number of benzene rings is 2. The molecule has 2 aliphatic heterocycles. The van der Waals surface area contributed by atoms with Crippen molar-refractivity contribution in [1.82, 2.24) is 15.1 Å². The van der Waals surface area contributed by atoms with Crippen LogP contribution in [-0.4, -0.2) is 72.6 Å². The summed E-state index contributed by atoms with van der Waals surface area (Å²) >= 11 is 6.35. The van der Waals surface area contributed by atoms with E-state index in [1.165, 1.54) is 12.5 Å². The molecule has 0 aromatic heterocycles. The predicted octanol–water partition coefficient (Wildman–Crippen LogP) is 4.12. The van der Waals surface area contributed by atoms with Gasteiger partial charge in [-0.2, -0.15) is 0 Å². The summed E-state index contributed by atoms with van der Waals surface area (Å²) in [7, 11) is 0. The fourth-order valence-electron chi connectivity index (χ4n) is 5.30. The Morgan fingerprint density at radius 3 is 2.43 bits per heavy atom. The summed E-state index contributed by atoms with van der Waals surface area (Å²) in [5.41, 5.74) is 2.38. The van der Waals surface area contributed by atoms with Crippen molar-refractivity contribution in [2.75, 3.05) is 39.4 Å². The Labute approximate surface area is 225 Å². The third-order valence-corrected chi connectivity index (χ3v) is 7.81. The van der Waals surface area contributed by atoms with Crippen LogP contribution in [0.25, 0.3) is 0 Å². The number of carbonyl (C=O) groups excluding carboxylic acids is 2. The number of hydrogen-bond donors (Lipinski definition) is 1. The Morgan fingerprint density at radius 1 is 1.11 bits per heavy atom. The number of nitrogens with zero attached hydrogens (tertiary/aromatic N) is 2. The molecule has 0 bridgehead atoms. The van der Waals surface area contributed by atoms with Gasteiger partial charge in [-0.25, -0.2) is 0 Å². The average molecular weight is 528 g/mol. The molecule has 2 aliphatic rings. The summed E-state index contributed by atoms with van der Waals surface area (Å²) < 4.78 is 12.7. The van der Waals surface area contributed by atoms with Crippen LogP contribution in [0, 0.1) is 13.8 Å². The first-order valence-electron chi connectivity index (χ1n) is 13.1. The zero-order valence-corrected chi connectivity index (χ0v) is 22.9. The molecule has 0 unspecified atom stereocenters. The maximum Gasteiger partial charge on any atom is 0.225 e. The number of aryl methyl sites for hydroxylation is 2. The van der Waals surface area contributed by atoms with E-state index in [0.29, 0.717) is 26.2 Å². The molecule has 37 heavy (non-hydrogen) atoms. The first kappa shape index (κ1) is 27.4. The van der Waals surface area contributed by atoms with E-state index >= 15 is 0 Å². The zero-order valence-electron chi connectivity index (χ0n) is 22.1. The number of nitrogens with one attached hydrogen (secondary N) is 1. The Morgan fingerprint density at radius 2 is 1.78 bits per heavy atom. The number of carbonyl (C=O) groups is 2. The molecule has 7 nitrogen and oxygen atoms in total. The van der Waals surface area contributed by atoms with E-state index < -0.39 is 5.60 Å². The molecular formula is C29H38ClN3O4. The lowest BCUT2D eigenvalue weighted by atomic mass is 9.95. The first-order chi connectivity index (χ1) is 17.7. The van der Waals surface area contributed by atoms with Crippen molar-refractivity contribution < 1.29 is 19.1 Å². The molecule has 2 aromatic rings. The molecule has 0 aliphatic carbocycles. The standard InChI is InChI=1S/C29H38ClN3O4/c1-21-15-26(16-22(2)28(21)30)36-20-29(17-27(35)33-11-9-25(10-12-33)31-23(3)34)19-32(13-14-37-29)18-24-7-5-4-6-8-24/h4-8,15-16,25H,9-14,17-20H2,1-3H3,(H,31,34)/t29-/m1/s1. The molecule has 1 atom stereocenters. The normalized spacial score (nSPS) is 21.0. The van der Waals surface area contributed by atoms with E-state index in [1.54, 1.807) is 0 Å². The Bertz CT molecular complexity index is 1060. The third-order valence-electron chi connectivity index (χ3n) is 7.22. The largest absolute Gasteiger partial charge is 0.490 e. The van der Waals surface area contributed by atoms with Crippen LogP contribution in [0.15, 0.2) is 42.5 Å². The quantitative estimate of drug-likeness (QED) is 0.559. The van der Waals surface area contributed by atoms with E-state index in [-0.39, 0.29) is 30.9 Å². The van der Waals surface area contributed by atoms with Crippen molar-refractivity contribution in [3.63, 3.8) is 0 Å². The lowest BCUT2D eigenvalue weighted by Gasteiger charge is -2.43. The fourth-order valence-corrected chi connectivity index (χ4v) is 5.41. The molecule has 2 amide bonds. The molecule has 0 saturated carbocycles. The predicted molar refractivity (Wildman–Crippen MR) is 145 cm³/mol. The van der Waals surface area contributed by atoms with Crippen LogP contribution in [0.5, 0.6) is 5.75 Å². The van der Waals surface area contributed by atoms with Gasteiger partial charge < -0.3 is 19.7 Å². The second-order valence-corrected chi connectivity index (χ2v) is 10.8. The summed E-state index contributed by atoms with van der Waals surface area (Å²) in [4.78, 5) is 29.1. The molecular weight excluding hydrogens is 490 g/mol. The number of piperidine rings is 1. The summed E-state index contributed by atoms with van der Waals surface area (Å²) in [5, 5.41) is 3.71. The summed E-state index contributed by atoms with van der Waals surface area (Å²) in [6, 6.07) is 14.4. The molecule has 0 spiro atoms. The maximum absolute atomic E-state index is 13.5. The average Bonchev–Trinajstić information content (AvgIpc) is 2.87. The molecule has 4 rings (SSSR count). The Kier molecular flexibility index (Phi) is 9.11. The van der Waals surface area contributed by atoms with Gasteiger partial charge in [-0.1, -0.05) is 41.9 Å². The van der Waals surface area contributed by atoms with Gasteiger partial charge in [0.2, 0.25) is 11.8 Å². The van der Waals surface area contributed by atoms with Crippen molar-refractivity contribution in [2.24, 2.45) is 0 Å². The monoisotopic (exact) mass is 527 g/mol. The van der Waals surface area contributed by atoms with E-state index in [4.69, 9.17) is 21.1 Å². The van der Waals surface area contributed by atoms with Gasteiger partial charge in [0.15, 0.2) is 0 Å². The molecule has 2 heterocycles. The van der Waals surface area contributed by atoms with Crippen molar-refractivity contribution in [1.29, 1.82) is 0 Å². The van der Waals surface area contributed by atoms with Crippen LogP contribution in [0.3, 0.4) is 0 Å². The number of likely N-dealkylation sites (tertiary alicyclic amines) is 1. The van der Waals surface area contributed by atoms with Gasteiger partial charge in [0.25, 0.3) is 0 Å². The zero-order chi connectivity index (χ0) is 26.4. The van der Waals surface area contributed by atoms with Crippen molar-refractivity contribution in [3.8, 4) is 5.75 Å². The second-order valence-electron chi connectivity index (χ2n) is 10.4. The van der Waals surface area contributed by atoms with Gasteiger partial charge in [0.1, 0.15) is 18.0 Å². The number of ether oxygens (including phenoxy) is 2. The smallest absolute Gasteiger partial charge is 0.225 e. The summed E-state index contributed by atoms with van der Waals surface area (Å²) in [6.07, 6.45) is 1.77. The Hall–Kier alpha value is -2.61. The number of morpholine rings is 1. The number of rotatable bonds is 8. The molecule has 200 valence electrons. The van der Waals surface area contributed by atoms with E-state index in [9.17, 15) is 9.59 Å². The molecule has 8 heteroatoms. The van der Waals surface area contributed by atoms with Crippen LogP contribution in [0.4, 0.5) is 0 Å². The number of halogens is 1. The third kappa shape index (κ3) is 7.46. The highest BCUT2D eigenvalue weighted by molar-refractivity contribution is 6.32. The van der Waals surface area contributed by atoms with Gasteiger partial charge in [-0.05, 0) is 55.5 Å². The molecule has 2 fully saturated rings. The second kappa shape index (κ2) is 12.3. The van der Waals surface area contributed by atoms with Crippen molar-refractivity contribution >= 4 is 23.4 Å². The summed E-state index contributed by atoms with van der Waals surface area (Å²) in [6.45, 7) is 9.71. The van der Waals surface area contributed by atoms with Gasteiger partial charge in [-0.15, -0.1) is 0 Å². The van der Waals surface area contributed by atoms with Gasteiger partial charge in [-0.3, -0.25) is 14.5 Å². The number of hydrogen-bond acceptors (Lipinski definition) is 5. The van der Waals surface area contributed by atoms with Crippen LogP contribution in [0.1, 0.15) is 42.9 Å². The van der Waals surface area contributed by atoms with Gasteiger partial charge >= 0.3 is 0 Å². The minimum absolute atomic E-state index is 0.0253. The van der Waals surface area contributed by atoms with Crippen LogP contribution >= 0.6 is 11.6 Å². The first-order valence-corrected chi connectivity index (χ1v) is 13.5. The minimum atomic E-state index is -0.764. The van der Waals surface area contributed by atoms with Crippen LogP contribution in [0.2, 0.25) is 5.02 Å². The SMILES string of the molecule is CC(=O)NC1CCN(C(=O)C[C@]2(COc3cc(C)c(Cl)c(C)c3)CN(Cc3ccccc3)CCO2)CC1.